The molecule has 0 bridgehead atoms. The van der Waals surface area contributed by atoms with Gasteiger partial charge in [0.05, 0.1) is 25.1 Å². The van der Waals surface area contributed by atoms with Crippen LogP contribution in [0.25, 0.3) is 0 Å². The Hall–Kier alpha value is -2.93. The van der Waals surface area contributed by atoms with E-state index in [1.54, 1.807) is 6.07 Å². The zero-order valence-corrected chi connectivity index (χ0v) is 15.8. The van der Waals surface area contributed by atoms with Crippen molar-refractivity contribution in [1.82, 2.24) is 5.32 Å². The van der Waals surface area contributed by atoms with Gasteiger partial charge in [-0.15, -0.1) is 0 Å². The zero-order valence-electron chi connectivity index (χ0n) is 15.8. The molecule has 0 atom stereocenters. The van der Waals surface area contributed by atoms with E-state index in [1.807, 2.05) is 0 Å². The summed E-state index contributed by atoms with van der Waals surface area (Å²) in [7, 11) is 1.40. The lowest BCUT2D eigenvalue weighted by molar-refractivity contribution is 0.0944. The summed E-state index contributed by atoms with van der Waals surface area (Å²) in [5, 5.41) is 19.6. The first-order valence-corrected chi connectivity index (χ1v) is 8.60. The minimum Gasteiger partial charge on any atom is -0.495 e. The number of benzene rings is 2. The van der Waals surface area contributed by atoms with Crippen molar-refractivity contribution in [1.29, 1.82) is 5.41 Å². The van der Waals surface area contributed by atoms with E-state index in [4.69, 9.17) is 21.0 Å². The molecule has 0 aliphatic heterocycles. The van der Waals surface area contributed by atoms with Crippen molar-refractivity contribution in [2.45, 2.75) is 20.3 Å². The number of nitrogens with one attached hydrogen (secondary N) is 2. The van der Waals surface area contributed by atoms with Crippen LogP contribution in [-0.2, 0) is 0 Å². The van der Waals surface area contributed by atoms with Crippen LogP contribution >= 0.6 is 0 Å². The molecule has 0 saturated carbocycles. The molecule has 6 nitrogen and oxygen atoms in total. The lowest BCUT2D eigenvalue weighted by Gasteiger charge is -2.14. The number of halogens is 1. The fourth-order valence-electron chi connectivity index (χ4n) is 2.20. The largest absolute Gasteiger partial charge is 0.495 e. The van der Waals surface area contributed by atoms with Gasteiger partial charge in [-0.1, -0.05) is 32.4 Å². The van der Waals surface area contributed by atoms with Crippen molar-refractivity contribution >= 4 is 17.3 Å². The van der Waals surface area contributed by atoms with E-state index in [0.717, 1.165) is 0 Å². The van der Waals surface area contributed by atoms with Gasteiger partial charge in [-0.2, -0.15) is 0 Å². The molecular weight excluding hydrogens is 349 g/mol. The van der Waals surface area contributed by atoms with Crippen molar-refractivity contribution in [3.63, 3.8) is 0 Å². The topological polar surface area (TPSA) is 108 Å². The van der Waals surface area contributed by atoms with Gasteiger partial charge < -0.3 is 20.9 Å². The lowest BCUT2D eigenvalue weighted by Crippen LogP contribution is -2.26. The molecule has 146 valence electrons. The highest BCUT2D eigenvalue weighted by molar-refractivity contribution is 6.15. The van der Waals surface area contributed by atoms with Crippen LogP contribution in [-0.4, -0.2) is 37.0 Å². The first-order valence-electron chi connectivity index (χ1n) is 8.60. The fraction of sp³-hybridized carbons (Fsp3) is 0.300. The average molecular weight is 375 g/mol. The predicted molar refractivity (Wildman–Crippen MR) is 105 cm³/mol. The number of carbonyl (C=O) groups is 1. The van der Waals surface area contributed by atoms with E-state index in [0.29, 0.717) is 5.56 Å². The number of anilines is 1. The maximum absolute atomic E-state index is 13.4. The third kappa shape index (κ3) is 6.07. The van der Waals surface area contributed by atoms with Gasteiger partial charge in [0.15, 0.2) is 0 Å². The quantitative estimate of drug-likeness (QED) is 0.460. The van der Waals surface area contributed by atoms with Crippen LogP contribution in [0.2, 0.25) is 0 Å². The molecule has 0 fully saturated rings. The van der Waals surface area contributed by atoms with E-state index in [9.17, 15) is 9.18 Å². The maximum Gasteiger partial charge on any atom is 0.251 e. The average Bonchev–Trinajstić information content (AvgIpc) is 2.66. The van der Waals surface area contributed by atoms with Crippen molar-refractivity contribution in [2.75, 3.05) is 26.0 Å². The maximum atomic E-state index is 13.4. The molecule has 7 heteroatoms. The second-order valence-electron chi connectivity index (χ2n) is 5.71. The number of nitrogens with two attached hydrogens (primary N) is 1. The fourth-order valence-corrected chi connectivity index (χ4v) is 2.20. The van der Waals surface area contributed by atoms with Crippen LogP contribution in [0.4, 0.5) is 10.1 Å². The van der Waals surface area contributed by atoms with Gasteiger partial charge in [-0.05, 0) is 24.3 Å². The van der Waals surface area contributed by atoms with Crippen LogP contribution in [0, 0.1) is 11.2 Å². The third-order valence-electron chi connectivity index (χ3n) is 3.40. The van der Waals surface area contributed by atoms with Crippen LogP contribution in [0.5, 0.6) is 5.75 Å². The van der Waals surface area contributed by atoms with E-state index in [-0.39, 0.29) is 41.4 Å². The van der Waals surface area contributed by atoms with E-state index >= 15 is 0 Å². The number of aliphatic hydroxyl groups is 1. The predicted octanol–water partition coefficient (Wildman–Crippen LogP) is 2.97. The number of nitrogen functional groups attached to an aromatic ring is 1. The Morgan fingerprint density at radius 1 is 1.26 bits per heavy atom. The van der Waals surface area contributed by atoms with E-state index < -0.39 is 11.7 Å². The van der Waals surface area contributed by atoms with Gasteiger partial charge in [0.2, 0.25) is 0 Å². The number of hydrogen-bond acceptors (Lipinski definition) is 5. The summed E-state index contributed by atoms with van der Waals surface area (Å²) in [6.45, 7) is 4.16. The van der Waals surface area contributed by atoms with Gasteiger partial charge >= 0.3 is 0 Å². The molecule has 2 aromatic rings. The zero-order chi connectivity index (χ0) is 20.4. The molecule has 0 unspecified atom stereocenters. The van der Waals surface area contributed by atoms with Gasteiger partial charge in [0, 0.05) is 23.2 Å². The normalized spacial score (nSPS) is 9.81. The molecule has 0 spiro atoms. The SMILES string of the molecule is CCC.COc1cc(C(=O)NCCO)cc(C(=N)c2cccc(F)c2)c1N. The Morgan fingerprint density at radius 2 is 1.93 bits per heavy atom. The summed E-state index contributed by atoms with van der Waals surface area (Å²) in [5.41, 5.74) is 6.98. The Labute approximate surface area is 158 Å². The van der Waals surface area contributed by atoms with Crippen molar-refractivity contribution in [3.8, 4) is 5.75 Å². The highest BCUT2D eigenvalue weighted by atomic mass is 19.1. The molecular formula is C20H26FN3O3. The second-order valence-corrected chi connectivity index (χ2v) is 5.71. The molecule has 1 amide bonds. The molecule has 2 aromatic carbocycles. The molecule has 5 N–H and O–H groups in total. The minimum absolute atomic E-state index is 0.0258. The van der Waals surface area contributed by atoms with Gasteiger partial charge in [0.25, 0.3) is 5.91 Å². The summed E-state index contributed by atoms with van der Waals surface area (Å²) >= 11 is 0. The second kappa shape index (κ2) is 10.9. The van der Waals surface area contributed by atoms with E-state index in [1.165, 1.54) is 43.9 Å². The Morgan fingerprint density at radius 3 is 2.48 bits per heavy atom. The highest BCUT2D eigenvalue weighted by Gasteiger charge is 2.17. The highest BCUT2D eigenvalue weighted by Crippen LogP contribution is 2.29. The Kier molecular flexibility index (Phi) is 8.95. The number of ether oxygens (including phenoxy) is 1. The number of amides is 1. The Balaban J connectivity index is 0.00000114. The molecule has 0 aliphatic rings. The summed E-state index contributed by atoms with van der Waals surface area (Å²) < 4.78 is 18.6. The smallest absolute Gasteiger partial charge is 0.251 e. The minimum atomic E-state index is -0.473. The van der Waals surface area contributed by atoms with Crippen LogP contribution in [0.1, 0.15) is 41.8 Å². The summed E-state index contributed by atoms with van der Waals surface area (Å²) in [5.74, 6) is -0.668. The first-order chi connectivity index (χ1) is 12.9. The number of aliphatic hydroxyl groups excluding tert-OH is 1. The number of rotatable bonds is 6. The van der Waals surface area contributed by atoms with Crippen molar-refractivity contribution < 1.29 is 19.0 Å². The van der Waals surface area contributed by atoms with Crippen LogP contribution < -0.4 is 15.8 Å². The van der Waals surface area contributed by atoms with Crippen LogP contribution in [0.3, 0.4) is 0 Å². The lowest BCUT2D eigenvalue weighted by atomic mass is 9.97. The number of carbonyl (C=O) groups excluding carboxylic acids is 1. The standard InChI is InChI=1S/C17H18FN3O3.C3H8/c1-24-14-9-11(17(23)21-5-6-22)8-13(16(14)20)15(19)10-3-2-4-12(18)7-10;1-3-2/h2-4,7-9,19,22H,5-6,20H2,1H3,(H,21,23);3H2,1-2H3. The molecule has 27 heavy (non-hydrogen) atoms. The molecule has 0 heterocycles. The van der Waals surface area contributed by atoms with Gasteiger partial charge in [-0.3, -0.25) is 10.2 Å². The molecule has 0 aromatic heterocycles. The van der Waals surface area contributed by atoms with Crippen molar-refractivity contribution in [2.24, 2.45) is 0 Å². The Bertz CT molecular complexity index is 794. The molecule has 2 rings (SSSR count). The number of methoxy groups -OCH3 is 1. The molecule has 0 aliphatic carbocycles. The van der Waals surface area contributed by atoms with E-state index in [2.05, 4.69) is 19.2 Å². The van der Waals surface area contributed by atoms with Crippen LogP contribution in [0.15, 0.2) is 36.4 Å². The number of hydrogen-bond donors (Lipinski definition) is 4. The summed E-state index contributed by atoms with van der Waals surface area (Å²) in [4.78, 5) is 12.1. The summed E-state index contributed by atoms with van der Waals surface area (Å²) in [6, 6.07) is 8.45. The molecule has 0 radical (unpaired) electrons. The van der Waals surface area contributed by atoms with Gasteiger partial charge in [0.1, 0.15) is 11.6 Å². The van der Waals surface area contributed by atoms with Gasteiger partial charge in [-0.25, -0.2) is 4.39 Å². The third-order valence-corrected chi connectivity index (χ3v) is 3.40. The molecule has 0 saturated heterocycles. The first kappa shape index (κ1) is 22.1. The van der Waals surface area contributed by atoms with Crippen molar-refractivity contribution in [3.05, 3.63) is 58.9 Å². The monoisotopic (exact) mass is 375 g/mol. The summed E-state index contributed by atoms with van der Waals surface area (Å²) in [6.07, 6.45) is 1.25.